The molecule has 0 aromatic heterocycles. The third-order valence-electron chi connectivity index (χ3n) is 4.13. The number of allylic oxidation sites excluding steroid dienone is 1. The minimum Gasteiger partial charge on any atom is -0.493 e. The summed E-state index contributed by atoms with van der Waals surface area (Å²) >= 11 is 0. The van der Waals surface area contributed by atoms with Crippen LogP contribution in [0.3, 0.4) is 0 Å². The average Bonchev–Trinajstić information content (AvgIpc) is 2.58. The van der Waals surface area contributed by atoms with Crippen molar-refractivity contribution in [2.45, 2.75) is 0 Å². The predicted octanol–water partition coefficient (Wildman–Crippen LogP) is 4.69. The van der Waals surface area contributed by atoms with E-state index >= 15 is 0 Å². The van der Waals surface area contributed by atoms with Gasteiger partial charge in [0.15, 0.2) is 5.76 Å². The zero-order valence-corrected chi connectivity index (χ0v) is 12.2. The van der Waals surface area contributed by atoms with E-state index in [0.717, 1.165) is 27.5 Å². The van der Waals surface area contributed by atoms with E-state index in [0.29, 0.717) is 11.3 Å². The minimum absolute atomic E-state index is 0.0502. The molecule has 0 heterocycles. The smallest absolute Gasteiger partial charge is 0.228 e. The molecule has 0 aliphatic heterocycles. The molecule has 3 aromatic rings. The van der Waals surface area contributed by atoms with Gasteiger partial charge in [0.25, 0.3) is 0 Å². The monoisotopic (exact) mass is 286 g/mol. The van der Waals surface area contributed by atoms with Crippen molar-refractivity contribution in [2.24, 2.45) is 0 Å². The third-order valence-corrected chi connectivity index (χ3v) is 4.13. The van der Waals surface area contributed by atoms with E-state index in [9.17, 15) is 4.79 Å². The van der Waals surface area contributed by atoms with Crippen LogP contribution in [0.1, 0.15) is 15.9 Å². The lowest BCUT2D eigenvalue weighted by molar-refractivity contribution is 0.0957. The third kappa shape index (κ3) is 1.77. The molecule has 106 valence electrons. The Morgan fingerprint density at radius 2 is 1.64 bits per heavy atom. The first kappa shape index (κ1) is 12.8. The molecular formula is C20H14O2. The number of benzene rings is 3. The Labute approximate surface area is 128 Å². The number of hydrogen-bond acceptors (Lipinski definition) is 2. The molecule has 0 saturated heterocycles. The maximum absolute atomic E-state index is 12.5. The molecular weight excluding hydrogens is 272 g/mol. The molecule has 0 bridgehead atoms. The van der Waals surface area contributed by atoms with Crippen LogP contribution in [0.4, 0.5) is 0 Å². The molecule has 2 heteroatoms. The van der Waals surface area contributed by atoms with Gasteiger partial charge in [0.05, 0.1) is 7.11 Å². The molecule has 0 saturated carbocycles. The molecule has 22 heavy (non-hydrogen) atoms. The van der Waals surface area contributed by atoms with E-state index in [1.165, 1.54) is 7.11 Å². The summed E-state index contributed by atoms with van der Waals surface area (Å²) in [5.74, 6) is 0.346. The Morgan fingerprint density at radius 1 is 0.818 bits per heavy atom. The average molecular weight is 286 g/mol. The van der Waals surface area contributed by atoms with Gasteiger partial charge >= 0.3 is 0 Å². The van der Waals surface area contributed by atoms with Crippen LogP contribution < -0.4 is 0 Å². The fraction of sp³-hybridized carbons (Fsp3) is 0.0500. The topological polar surface area (TPSA) is 26.3 Å². The van der Waals surface area contributed by atoms with Crippen molar-refractivity contribution in [3.63, 3.8) is 0 Å². The van der Waals surface area contributed by atoms with Crippen molar-refractivity contribution < 1.29 is 9.53 Å². The Hall–Kier alpha value is -2.87. The largest absolute Gasteiger partial charge is 0.493 e. The summed E-state index contributed by atoms with van der Waals surface area (Å²) in [6.45, 7) is 0. The van der Waals surface area contributed by atoms with Crippen LogP contribution in [0.5, 0.6) is 0 Å². The summed E-state index contributed by atoms with van der Waals surface area (Å²) in [6, 6.07) is 20.3. The van der Waals surface area contributed by atoms with E-state index in [1.54, 1.807) is 0 Å². The summed E-state index contributed by atoms with van der Waals surface area (Å²) in [5, 5.41) is 2.11. The number of methoxy groups -OCH3 is 1. The van der Waals surface area contributed by atoms with Crippen molar-refractivity contribution in [1.82, 2.24) is 0 Å². The SMILES string of the molecule is COC1=Cc2ccc(-c3ccccc3)c3cccc(c23)C1=O. The number of carbonyl (C=O) groups is 1. The Bertz CT molecular complexity index is 921. The fourth-order valence-corrected chi connectivity index (χ4v) is 3.10. The van der Waals surface area contributed by atoms with Gasteiger partial charge in [-0.05, 0) is 28.2 Å². The van der Waals surface area contributed by atoms with Crippen LogP contribution in [0.2, 0.25) is 0 Å². The zero-order valence-electron chi connectivity index (χ0n) is 12.2. The normalized spacial score (nSPS) is 13.1. The van der Waals surface area contributed by atoms with Crippen LogP contribution in [0, 0.1) is 0 Å². The molecule has 0 atom stereocenters. The van der Waals surface area contributed by atoms with Crippen molar-refractivity contribution in [1.29, 1.82) is 0 Å². The molecule has 0 spiro atoms. The van der Waals surface area contributed by atoms with Crippen molar-refractivity contribution >= 4 is 22.6 Å². The number of Topliss-reactive ketones (excluding diaryl/α,β-unsaturated/α-hetero) is 1. The highest BCUT2D eigenvalue weighted by Crippen LogP contribution is 2.37. The summed E-state index contributed by atoms with van der Waals surface area (Å²) in [7, 11) is 1.53. The summed E-state index contributed by atoms with van der Waals surface area (Å²) in [4.78, 5) is 12.5. The number of carbonyl (C=O) groups excluding carboxylic acids is 1. The Balaban J connectivity index is 2.08. The van der Waals surface area contributed by atoms with Gasteiger partial charge in [-0.15, -0.1) is 0 Å². The van der Waals surface area contributed by atoms with Gasteiger partial charge < -0.3 is 4.74 Å². The maximum Gasteiger partial charge on any atom is 0.228 e. The molecule has 0 fully saturated rings. The Morgan fingerprint density at radius 3 is 2.41 bits per heavy atom. The van der Waals surface area contributed by atoms with Crippen LogP contribution in [0.15, 0.2) is 66.4 Å². The van der Waals surface area contributed by atoms with Gasteiger partial charge in [0.1, 0.15) is 0 Å². The summed E-state index contributed by atoms with van der Waals surface area (Å²) in [6.07, 6.45) is 1.83. The number of ether oxygens (including phenoxy) is 1. The maximum atomic E-state index is 12.5. The van der Waals surface area contributed by atoms with Crippen molar-refractivity contribution in [3.05, 3.63) is 77.5 Å². The molecule has 0 unspecified atom stereocenters. The molecule has 0 N–H and O–H groups in total. The highest BCUT2D eigenvalue weighted by atomic mass is 16.5. The van der Waals surface area contributed by atoms with E-state index in [-0.39, 0.29) is 5.78 Å². The lowest BCUT2D eigenvalue weighted by atomic mass is 9.87. The van der Waals surface area contributed by atoms with Gasteiger partial charge in [0, 0.05) is 10.9 Å². The number of hydrogen-bond donors (Lipinski definition) is 0. The van der Waals surface area contributed by atoms with Gasteiger partial charge in [-0.1, -0.05) is 60.7 Å². The van der Waals surface area contributed by atoms with E-state index in [1.807, 2.05) is 36.4 Å². The van der Waals surface area contributed by atoms with Crippen LogP contribution in [-0.4, -0.2) is 12.9 Å². The fourth-order valence-electron chi connectivity index (χ4n) is 3.10. The van der Waals surface area contributed by atoms with Gasteiger partial charge in [0.2, 0.25) is 5.78 Å². The van der Waals surface area contributed by atoms with Crippen molar-refractivity contribution in [2.75, 3.05) is 7.11 Å². The van der Waals surface area contributed by atoms with E-state index in [2.05, 4.69) is 30.3 Å². The molecule has 0 radical (unpaired) electrons. The molecule has 1 aliphatic rings. The molecule has 4 rings (SSSR count). The second kappa shape index (κ2) is 4.85. The summed E-state index contributed by atoms with van der Waals surface area (Å²) in [5.41, 5.74) is 4.04. The lowest BCUT2D eigenvalue weighted by Gasteiger charge is -2.18. The highest BCUT2D eigenvalue weighted by Gasteiger charge is 2.23. The number of ketones is 1. The summed E-state index contributed by atoms with van der Waals surface area (Å²) < 4.78 is 5.22. The first-order valence-electron chi connectivity index (χ1n) is 7.21. The van der Waals surface area contributed by atoms with E-state index < -0.39 is 0 Å². The first-order chi connectivity index (χ1) is 10.8. The minimum atomic E-state index is -0.0502. The lowest BCUT2D eigenvalue weighted by Crippen LogP contribution is -2.10. The van der Waals surface area contributed by atoms with Gasteiger partial charge in [-0.25, -0.2) is 0 Å². The van der Waals surface area contributed by atoms with Crippen LogP contribution in [-0.2, 0) is 4.74 Å². The first-order valence-corrected chi connectivity index (χ1v) is 7.21. The predicted molar refractivity (Wildman–Crippen MR) is 88.7 cm³/mol. The number of rotatable bonds is 2. The van der Waals surface area contributed by atoms with Gasteiger partial charge in [-0.2, -0.15) is 0 Å². The second-order valence-electron chi connectivity index (χ2n) is 5.34. The van der Waals surface area contributed by atoms with Crippen molar-refractivity contribution in [3.8, 4) is 11.1 Å². The molecule has 1 aliphatic carbocycles. The molecule has 0 amide bonds. The quantitative estimate of drug-likeness (QED) is 0.683. The van der Waals surface area contributed by atoms with Crippen LogP contribution >= 0.6 is 0 Å². The highest BCUT2D eigenvalue weighted by molar-refractivity contribution is 6.23. The standard InChI is InChI=1S/C20H14O2/c1-22-18-12-14-10-11-15(13-6-3-2-4-7-13)16-8-5-9-17(19(14)16)20(18)21/h2-12H,1H3. The van der Waals surface area contributed by atoms with E-state index in [4.69, 9.17) is 4.74 Å². The van der Waals surface area contributed by atoms with Gasteiger partial charge in [-0.3, -0.25) is 4.79 Å². The Kier molecular flexibility index (Phi) is 2.83. The second-order valence-corrected chi connectivity index (χ2v) is 5.34. The van der Waals surface area contributed by atoms with Crippen LogP contribution in [0.25, 0.3) is 28.0 Å². The molecule has 3 aromatic carbocycles. The zero-order chi connectivity index (χ0) is 15.1. The molecule has 2 nitrogen and oxygen atoms in total.